The summed E-state index contributed by atoms with van der Waals surface area (Å²) in [7, 11) is 0. The quantitative estimate of drug-likeness (QED) is 0.644. The van der Waals surface area contributed by atoms with Crippen molar-refractivity contribution in [3.63, 3.8) is 0 Å². The van der Waals surface area contributed by atoms with E-state index >= 15 is 0 Å². The molecule has 1 atom stereocenters. The average molecular weight is 235 g/mol. The van der Waals surface area contributed by atoms with Crippen LogP contribution in [0.3, 0.4) is 0 Å². The van der Waals surface area contributed by atoms with Gasteiger partial charge in [-0.1, -0.05) is 23.8 Å². The Bertz CT molecular complexity index is 651. The summed E-state index contributed by atoms with van der Waals surface area (Å²) in [6.07, 6.45) is 4.12. The number of allylic oxidation sites excluding steroid dienone is 2. The predicted octanol–water partition coefficient (Wildman–Crippen LogP) is 2.59. The van der Waals surface area contributed by atoms with Crippen molar-refractivity contribution in [1.29, 1.82) is 0 Å². The summed E-state index contributed by atoms with van der Waals surface area (Å²) in [5.41, 5.74) is 0.970. The molecule has 1 unspecified atom stereocenters. The Labute approximate surface area is 97.5 Å². The van der Waals surface area contributed by atoms with E-state index in [4.69, 9.17) is 11.6 Å². The first-order chi connectivity index (χ1) is 7.68. The molecule has 3 rings (SSSR count). The third-order valence-corrected chi connectivity index (χ3v) is 3.25. The van der Waals surface area contributed by atoms with E-state index in [0.717, 1.165) is 17.4 Å². The van der Waals surface area contributed by atoms with E-state index in [0.29, 0.717) is 5.02 Å². The van der Waals surface area contributed by atoms with Crippen LogP contribution in [0.25, 0.3) is 10.9 Å². The highest BCUT2D eigenvalue weighted by Crippen LogP contribution is 2.21. The summed E-state index contributed by atoms with van der Waals surface area (Å²) >= 11 is 5.96. The van der Waals surface area contributed by atoms with Gasteiger partial charge in [0.1, 0.15) is 0 Å². The number of nitrogens with zero attached hydrogens (tertiary/aromatic N) is 2. The number of halogens is 1. The second kappa shape index (κ2) is 3.25. The highest BCUT2D eigenvalue weighted by atomic mass is 35.5. The lowest BCUT2D eigenvalue weighted by Crippen LogP contribution is -2.27. The highest BCUT2D eigenvalue weighted by molar-refractivity contribution is 6.31. The van der Waals surface area contributed by atoms with Gasteiger partial charge in [0.2, 0.25) is 0 Å². The minimum Gasteiger partial charge on any atom is -0.278 e. The number of hydrogen-bond donors (Lipinski definition) is 0. The molecule has 2 heterocycles. The molecule has 1 aromatic carbocycles. The molecule has 1 aliphatic heterocycles. The largest absolute Gasteiger partial charge is 0.278 e. The zero-order valence-electron chi connectivity index (χ0n) is 8.85. The highest BCUT2D eigenvalue weighted by Gasteiger charge is 2.17. The first-order valence-corrected chi connectivity index (χ1v) is 5.63. The lowest BCUT2D eigenvalue weighted by molar-refractivity contribution is 0.440. The van der Waals surface area contributed by atoms with Crippen molar-refractivity contribution in [2.24, 2.45) is 0 Å². The fraction of sp³-hybridized carbons (Fsp3) is 0.250. The van der Waals surface area contributed by atoms with Crippen molar-refractivity contribution in [1.82, 2.24) is 9.36 Å². The van der Waals surface area contributed by atoms with Crippen LogP contribution in [-0.2, 0) is 6.54 Å². The van der Waals surface area contributed by atoms with Crippen LogP contribution in [0.1, 0.15) is 13.0 Å². The minimum atomic E-state index is 0.0588. The Balaban J connectivity index is 2.46. The van der Waals surface area contributed by atoms with Crippen LogP contribution < -0.4 is 5.56 Å². The molecule has 2 aromatic rings. The standard InChI is InChI=1S/C12H11ClN2O/c1-8-3-2-6-14-11-7-9(13)4-5-10(11)12(16)15(8)14/h2-5,7-8H,6H2,1H3. The summed E-state index contributed by atoms with van der Waals surface area (Å²) in [6, 6.07) is 5.51. The molecule has 0 N–H and O–H groups in total. The van der Waals surface area contributed by atoms with E-state index in [9.17, 15) is 4.79 Å². The van der Waals surface area contributed by atoms with Gasteiger partial charge < -0.3 is 0 Å². The first kappa shape index (κ1) is 9.73. The Morgan fingerprint density at radius 2 is 2.25 bits per heavy atom. The molecule has 82 valence electrons. The van der Waals surface area contributed by atoms with Gasteiger partial charge >= 0.3 is 0 Å². The third kappa shape index (κ3) is 1.18. The normalized spacial score (nSPS) is 19.0. The molecule has 0 radical (unpaired) electrons. The van der Waals surface area contributed by atoms with Gasteiger partial charge in [0, 0.05) is 5.02 Å². The fourth-order valence-corrected chi connectivity index (χ4v) is 2.44. The fourth-order valence-electron chi connectivity index (χ4n) is 2.28. The Morgan fingerprint density at radius 1 is 1.44 bits per heavy atom. The molecule has 4 heteroatoms. The molecule has 0 amide bonds. The number of hydrogen-bond acceptors (Lipinski definition) is 1. The number of benzene rings is 1. The second-order valence-electron chi connectivity index (χ2n) is 4.06. The van der Waals surface area contributed by atoms with Gasteiger partial charge in [-0.25, -0.2) is 4.68 Å². The Morgan fingerprint density at radius 3 is 3.06 bits per heavy atom. The van der Waals surface area contributed by atoms with Crippen LogP contribution in [0.15, 0.2) is 35.1 Å². The van der Waals surface area contributed by atoms with Crippen molar-refractivity contribution in [3.8, 4) is 0 Å². The molecule has 1 aromatic heterocycles. The van der Waals surface area contributed by atoms with Crippen LogP contribution >= 0.6 is 11.6 Å². The van der Waals surface area contributed by atoms with Gasteiger partial charge in [-0.05, 0) is 25.1 Å². The van der Waals surface area contributed by atoms with E-state index < -0.39 is 0 Å². The number of rotatable bonds is 0. The van der Waals surface area contributed by atoms with Gasteiger partial charge in [-0.2, -0.15) is 0 Å². The van der Waals surface area contributed by atoms with Crippen molar-refractivity contribution < 1.29 is 0 Å². The van der Waals surface area contributed by atoms with E-state index in [1.807, 2.05) is 23.7 Å². The van der Waals surface area contributed by atoms with Crippen LogP contribution in [-0.4, -0.2) is 9.36 Å². The average Bonchev–Trinajstić information content (AvgIpc) is 2.54. The number of fused-ring (bicyclic) bond motifs is 3. The summed E-state index contributed by atoms with van der Waals surface area (Å²) in [5.74, 6) is 0. The molecular formula is C12H11ClN2O. The molecule has 16 heavy (non-hydrogen) atoms. The lowest BCUT2D eigenvalue weighted by Gasteiger charge is -2.19. The molecular weight excluding hydrogens is 224 g/mol. The SMILES string of the molecule is CC1C=CCn2c3cc(Cl)ccc3c(=O)n21. The Kier molecular flexibility index (Phi) is 1.98. The molecule has 3 nitrogen and oxygen atoms in total. The zero-order chi connectivity index (χ0) is 11.3. The first-order valence-electron chi connectivity index (χ1n) is 5.26. The minimum absolute atomic E-state index is 0.0588. The van der Waals surface area contributed by atoms with Crippen molar-refractivity contribution in [2.75, 3.05) is 0 Å². The molecule has 0 spiro atoms. The molecule has 0 aliphatic carbocycles. The molecule has 0 saturated heterocycles. The summed E-state index contributed by atoms with van der Waals surface area (Å²) in [4.78, 5) is 12.2. The summed E-state index contributed by atoms with van der Waals surface area (Å²) in [5, 5.41) is 1.40. The van der Waals surface area contributed by atoms with Crippen LogP contribution in [0, 0.1) is 0 Å². The van der Waals surface area contributed by atoms with Gasteiger partial charge in [0.05, 0.1) is 23.5 Å². The van der Waals surface area contributed by atoms with Gasteiger partial charge in [0.25, 0.3) is 5.56 Å². The van der Waals surface area contributed by atoms with Crippen LogP contribution in [0.4, 0.5) is 0 Å². The topological polar surface area (TPSA) is 26.9 Å². The zero-order valence-corrected chi connectivity index (χ0v) is 9.61. The maximum atomic E-state index is 12.2. The van der Waals surface area contributed by atoms with Crippen molar-refractivity contribution >= 4 is 22.5 Å². The lowest BCUT2D eigenvalue weighted by atomic mass is 10.2. The van der Waals surface area contributed by atoms with Gasteiger partial charge in [-0.3, -0.25) is 9.48 Å². The van der Waals surface area contributed by atoms with E-state index in [2.05, 4.69) is 6.08 Å². The van der Waals surface area contributed by atoms with E-state index in [1.54, 1.807) is 16.8 Å². The maximum absolute atomic E-state index is 12.2. The van der Waals surface area contributed by atoms with Crippen molar-refractivity contribution in [2.45, 2.75) is 19.5 Å². The monoisotopic (exact) mass is 234 g/mol. The summed E-state index contributed by atoms with van der Waals surface area (Å²) in [6.45, 7) is 2.73. The van der Waals surface area contributed by atoms with Gasteiger partial charge in [0.15, 0.2) is 0 Å². The summed E-state index contributed by atoms with van der Waals surface area (Å²) < 4.78 is 3.76. The molecule has 0 bridgehead atoms. The predicted molar refractivity (Wildman–Crippen MR) is 65.1 cm³/mol. The molecule has 0 fully saturated rings. The molecule has 1 aliphatic rings. The van der Waals surface area contributed by atoms with Gasteiger partial charge in [-0.15, -0.1) is 0 Å². The van der Waals surface area contributed by atoms with Crippen LogP contribution in [0.5, 0.6) is 0 Å². The maximum Gasteiger partial charge on any atom is 0.275 e. The van der Waals surface area contributed by atoms with Crippen LogP contribution in [0.2, 0.25) is 5.02 Å². The second-order valence-corrected chi connectivity index (χ2v) is 4.50. The smallest absolute Gasteiger partial charge is 0.275 e. The van der Waals surface area contributed by atoms with E-state index in [1.165, 1.54) is 0 Å². The number of aromatic nitrogens is 2. The van der Waals surface area contributed by atoms with Crippen molar-refractivity contribution in [3.05, 3.63) is 45.7 Å². The third-order valence-electron chi connectivity index (χ3n) is 3.02. The van der Waals surface area contributed by atoms with E-state index in [-0.39, 0.29) is 11.6 Å². The Hall–Kier alpha value is -1.48. The molecule has 0 saturated carbocycles.